The molecule has 2 nitrogen and oxygen atoms in total. The van der Waals surface area contributed by atoms with E-state index in [1.807, 2.05) is 0 Å². The number of hydrogen-bond acceptors (Lipinski definition) is 2. The lowest BCUT2D eigenvalue weighted by Gasteiger charge is -2.05. The minimum absolute atomic E-state index is 0.384. The van der Waals surface area contributed by atoms with Gasteiger partial charge in [0.05, 0.1) is 12.2 Å². The van der Waals surface area contributed by atoms with E-state index in [0.717, 1.165) is 12.8 Å². The molecule has 1 aliphatic heterocycles. The summed E-state index contributed by atoms with van der Waals surface area (Å²) >= 11 is 0. The molecule has 1 saturated heterocycles. The standard InChI is InChI=1S/C7H14O2/c1-6-3-4-7(2)9-5-8-6/h6-7H,3-5H2,1-2H3/t6-,7-/m1/s1. The molecule has 0 unspecified atom stereocenters. The zero-order chi connectivity index (χ0) is 6.69. The number of ether oxygens (including phenoxy) is 2. The van der Waals surface area contributed by atoms with E-state index in [-0.39, 0.29) is 0 Å². The predicted octanol–water partition coefficient (Wildman–Crippen LogP) is 1.55. The van der Waals surface area contributed by atoms with Crippen LogP contribution in [0.15, 0.2) is 0 Å². The molecule has 0 saturated carbocycles. The van der Waals surface area contributed by atoms with Gasteiger partial charge in [-0.1, -0.05) is 0 Å². The third kappa shape index (κ3) is 2.33. The maximum Gasteiger partial charge on any atom is 0.147 e. The van der Waals surface area contributed by atoms with E-state index in [0.29, 0.717) is 19.0 Å². The largest absolute Gasteiger partial charge is 0.352 e. The van der Waals surface area contributed by atoms with Gasteiger partial charge in [0.1, 0.15) is 6.79 Å². The van der Waals surface area contributed by atoms with Gasteiger partial charge in [-0.3, -0.25) is 0 Å². The predicted molar refractivity (Wildman–Crippen MR) is 35.2 cm³/mol. The molecule has 1 rings (SSSR count). The first kappa shape index (κ1) is 7.03. The first-order valence-corrected chi connectivity index (χ1v) is 3.52. The molecule has 0 radical (unpaired) electrons. The Morgan fingerprint density at radius 2 is 1.44 bits per heavy atom. The molecule has 0 aromatic rings. The highest BCUT2D eigenvalue weighted by Gasteiger charge is 2.11. The summed E-state index contributed by atoms with van der Waals surface area (Å²) in [6, 6.07) is 0. The van der Waals surface area contributed by atoms with Gasteiger partial charge in [0.25, 0.3) is 0 Å². The third-order valence-corrected chi connectivity index (χ3v) is 1.68. The van der Waals surface area contributed by atoms with Crippen LogP contribution in [0.4, 0.5) is 0 Å². The molecule has 2 heteroatoms. The van der Waals surface area contributed by atoms with Crippen molar-refractivity contribution in [3.8, 4) is 0 Å². The molecule has 0 aromatic carbocycles. The van der Waals surface area contributed by atoms with Crippen molar-refractivity contribution in [1.29, 1.82) is 0 Å². The van der Waals surface area contributed by atoms with E-state index in [9.17, 15) is 0 Å². The fraction of sp³-hybridized carbons (Fsp3) is 1.00. The van der Waals surface area contributed by atoms with Crippen LogP contribution in [0.1, 0.15) is 26.7 Å². The summed E-state index contributed by atoms with van der Waals surface area (Å²) in [7, 11) is 0. The highest BCUT2D eigenvalue weighted by Crippen LogP contribution is 2.11. The van der Waals surface area contributed by atoms with E-state index in [1.54, 1.807) is 0 Å². The summed E-state index contributed by atoms with van der Waals surface area (Å²) in [6.07, 6.45) is 3.02. The minimum atomic E-state index is 0.384. The Labute approximate surface area is 56.2 Å². The Balaban J connectivity index is 2.25. The number of hydrogen-bond donors (Lipinski definition) is 0. The van der Waals surface area contributed by atoms with Crippen LogP contribution >= 0.6 is 0 Å². The maximum absolute atomic E-state index is 5.25. The molecule has 1 aliphatic rings. The average molecular weight is 130 g/mol. The molecular formula is C7H14O2. The number of rotatable bonds is 0. The van der Waals surface area contributed by atoms with Crippen molar-refractivity contribution in [2.75, 3.05) is 6.79 Å². The molecule has 9 heavy (non-hydrogen) atoms. The topological polar surface area (TPSA) is 18.5 Å². The van der Waals surface area contributed by atoms with E-state index < -0.39 is 0 Å². The van der Waals surface area contributed by atoms with Crippen LogP contribution in [0.5, 0.6) is 0 Å². The summed E-state index contributed by atoms with van der Waals surface area (Å²) in [4.78, 5) is 0. The fourth-order valence-corrected chi connectivity index (χ4v) is 0.908. The van der Waals surface area contributed by atoms with E-state index in [4.69, 9.17) is 9.47 Å². The van der Waals surface area contributed by atoms with Crippen LogP contribution in [0.2, 0.25) is 0 Å². The van der Waals surface area contributed by atoms with Gasteiger partial charge >= 0.3 is 0 Å². The second-order valence-electron chi connectivity index (χ2n) is 2.65. The molecule has 0 spiro atoms. The summed E-state index contributed by atoms with van der Waals surface area (Å²) in [6.45, 7) is 4.64. The lowest BCUT2D eigenvalue weighted by Crippen LogP contribution is -2.06. The monoisotopic (exact) mass is 130 g/mol. The van der Waals surface area contributed by atoms with Gasteiger partial charge in [0, 0.05) is 0 Å². The molecule has 0 aromatic heterocycles. The molecule has 54 valence electrons. The normalized spacial score (nSPS) is 38.0. The first-order valence-electron chi connectivity index (χ1n) is 3.52. The molecule has 1 heterocycles. The van der Waals surface area contributed by atoms with Crippen LogP contribution < -0.4 is 0 Å². The summed E-state index contributed by atoms with van der Waals surface area (Å²) in [5.41, 5.74) is 0. The zero-order valence-electron chi connectivity index (χ0n) is 6.09. The molecule has 2 atom stereocenters. The lowest BCUT2D eigenvalue weighted by atomic mass is 10.1. The van der Waals surface area contributed by atoms with E-state index >= 15 is 0 Å². The minimum Gasteiger partial charge on any atom is -0.352 e. The second-order valence-corrected chi connectivity index (χ2v) is 2.65. The Morgan fingerprint density at radius 3 is 1.89 bits per heavy atom. The quantitative estimate of drug-likeness (QED) is 0.495. The highest BCUT2D eigenvalue weighted by atomic mass is 16.7. The average Bonchev–Trinajstić information content (AvgIpc) is 1.97. The van der Waals surface area contributed by atoms with Crippen molar-refractivity contribution in [2.45, 2.75) is 38.9 Å². The Morgan fingerprint density at radius 1 is 1.00 bits per heavy atom. The van der Waals surface area contributed by atoms with E-state index in [2.05, 4.69) is 13.8 Å². The van der Waals surface area contributed by atoms with Crippen LogP contribution in [0.25, 0.3) is 0 Å². The van der Waals surface area contributed by atoms with Gasteiger partial charge in [0.15, 0.2) is 0 Å². The molecule has 0 bridgehead atoms. The smallest absolute Gasteiger partial charge is 0.147 e. The lowest BCUT2D eigenvalue weighted by molar-refractivity contribution is -0.0837. The van der Waals surface area contributed by atoms with Crippen molar-refractivity contribution in [3.05, 3.63) is 0 Å². The van der Waals surface area contributed by atoms with Crippen molar-refractivity contribution in [3.63, 3.8) is 0 Å². The van der Waals surface area contributed by atoms with Crippen LogP contribution in [-0.2, 0) is 9.47 Å². The SMILES string of the molecule is C[C@@H]1CC[C@@H](C)OCO1. The summed E-state index contributed by atoms with van der Waals surface area (Å²) in [5.74, 6) is 0. The molecular weight excluding hydrogens is 116 g/mol. The van der Waals surface area contributed by atoms with E-state index in [1.165, 1.54) is 0 Å². The maximum atomic E-state index is 5.25. The van der Waals surface area contributed by atoms with Crippen LogP contribution in [0.3, 0.4) is 0 Å². The van der Waals surface area contributed by atoms with Crippen molar-refractivity contribution >= 4 is 0 Å². The molecule has 0 aliphatic carbocycles. The van der Waals surface area contributed by atoms with Crippen molar-refractivity contribution in [1.82, 2.24) is 0 Å². The van der Waals surface area contributed by atoms with Crippen LogP contribution in [-0.4, -0.2) is 19.0 Å². The highest BCUT2D eigenvalue weighted by molar-refractivity contribution is 4.58. The van der Waals surface area contributed by atoms with Gasteiger partial charge in [-0.25, -0.2) is 0 Å². The molecule has 0 amide bonds. The summed E-state index contributed by atoms with van der Waals surface area (Å²) < 4.78 is 10.5. The van der Waals surface area contributed by atoms with Gasteiger partial charge in [-0.15, -0.1) is 0 Å². The fourth-order valence-electron chi connectivity index (χ4n) is 0.908. The van der Waals surface area contributed by atoms with Gasteiger partial charge in [-0.2, -0.15) is 0 Å². The first-order chi connectivity index (χ1) is 4.29. The Hall–Kier alpha value is -0.0800. The zero-order valence-corrected chi connectivity index (χ0v) is 6.09. The Bertz CT molecular complexity index is 73.0. The van der Waals surface area contributed by atoms with Gasteiger partial charge in [-0.05, 0) is 26.7 Å². The second kappa shape index (κ2) is 3.18. The van der Waals surface area contributed by atoms with Gasteiger partial charge < -0.3 is 9.47 Å². The van der Waals surface area contributed by atoms with Gasteiger partial charge in [0.2, 0.25) is 0 Å². The van der Waals surface area contributed by atoms with Crippen molar-refractivity contribution < 1.29 is 9.47 Å². The summed E-state index contributed by atoms with van der Waals surface area (Å²) in [5, 5.41) is 0. The van der Waals surface area contributed by atoms with Crippen molar-refractivity contribution in [2.24, 2.45) is 0 Å². The third-order valence-electron chi connectivity index (χ3n) is 1.68. The Kier molecular flexibility index (Phi) is 2.49. The van der Waals surface area contributed by atoms with Crippen LogP contribution in [0, 0.1) is 0 Å². The molecule has 0 N–H and O–H groups in total. The molecule has 1 fully saturated rings.